The highest BCUT2D eigenvalue weighted by Gasteiger charge is 2.43. The lowest BCUT2D eigenvalue weighted by Gasteiger charge is -2.38. The summed E-state index contributed by atoms with van der Waals surface area (Å²) in [7, 11) is -4.33. The van der Waals surface area contributed by atoms with Crippen molar-refractivity contribution < 1.29 is 48.5 Å². The number of benzene rings is 3. The van der Waals surface area contributed by atoms with E-state index in [2.05, 4.69) is 21.3 Å². The van der Waals surface area contributed by atoms with Crippen LogP contribution < -0.4 is 27.0 Å². The van der Waals surface area contributed by atoms with E-state index >= 15 is 0 Å². The van der Waals surface area contributed by atoms with E-state index in [0.29, 0.717) is 36.8 Å². The molecule has 1 saturated carbocycles. The summed E-state index contributed by atoms with van der Waals surface area (Å²) in [5.74, 6) is -4.25. The van der Waals surface area contributed by atoms with Crippen LogP contribution in [-0.4, -0.2) is 80.0 Å². The Morgan fingerprint density at radius 1 is 0.788 bits per heavy atom. The summed E-state index contributed by atoms with van der Waals surface area (Å²) >= 11 is 0. The second-order valence-corrected chi connectivity index (χ2v) is 14.8. The number of aliphatic hydroxyl groups excluding tert-OH is 1. The molecule has 0 unspecified atom stereocenters. The van der Waals surface area contributed by atoms with Crippen molar-refractivity contribution in [1.82, 2.24) is 21.3 Å². The molecule has 3 aromatic rings. The Morgan fingerprint density at radius 3 is 2.10 bits per heavy atom. The number of fused-ring (bicyclic) bond motifs is 1. The van der Waals surface area contributed by atoms with Crippen LogP contribution in [0.5, 0.6) is 0 Å². The van der Waals surface area contributed by atoms with Gasteiger partial charge in [0.15, 0.2) is 0 Å². The van der Waals surface area contributed by atoms with Gasteiger partial charge in [-0.05, 0) is 53.1 Å². The van der Waals surface area contributed by atoms with Crippen LogP contribution in [0.2, 0.25) is 0 Å². The predicted octanol–water partition coefficient (Wildman–Crippen LogP) is 0.784. The Labute approximate surface area is 300 Å². The molecule has 15 nitrogen and oxygen atoms in total. The van der Waals surface area contributed by atoms with Crippen LogP contribution in [0, 0.1) is 0 Å². The summed E-state index contributed by atoms with van der Waals surface area (Å²) in [6, 6.07) is 17.2. The Morgan fingerprint density at radius 2 is 1.44 bits per heavy atom. The van der Waals surface area contributed by atoms with Gasteiger partial charge in [0.2, 0.25) is 29.9 Å². The number of amides is 5. The molecule has 16 heteroatoms. The molecule has 10 N–H and O–H groups in total. The van der Waals surface area contributed by atoms with Gasteiger partial charge < -0.3 is 47.0 Å². The van der Waals surface area contributed by atoms with Crippen molar-refractivity contribution in [3.8, 4) is 0 Å². The van der Waals surface area contributed by atoms with Crippen LogP contribution in [0.15, 0.2) is 66.7 Å². The van der Waals surface area contributed by atoms with Gasteiger partial charge in [-0.2, -0.15) is 0 Å². The number of nitrogens with one attached hydrogen (secondary N) is 4. The number of aryl methyl sites for hydroxylation is 1. The zero-order valence-electron chi connectivity index (χ0n) is 28.6. The topological polar surface area (TPSA) is 257 Å². The molecule has 5 amide bonds. The molecule has 1 fully saturated rings. The molecule has 0 saturated heterocycles. The summed E-state index contributed by atoms with van der Waals surface area (Å²) < 4.78 is 11.4. The molecule has 2 atom stereocenters. The van der Waals surface area contributed by atoms with E-state index in [9.17, 15) is 48.5 Å². The monoisotopic (exact) mass is 739 g/mol. The number of primary amides is 1. The van der Waals surface area contributed by atoms with E-state index in [4.69, 9.17) is 5.73 Å². The summed E-state index contributed by atoms with van der Waals surface area (Å²) in [6.45, 7) is 0.257. The van der Waals surface area contributed by atoms with Gasteiger partial charge >= 0.3 is 7.60 Å². The number of hydrogen-bond donors (Lipinski definition) is 9. The van der Waals surface area contributed by atoms with Gasteiger partial charge in [-0.25, -0.2) is 0 Å². The van der Waals surface area contributed by atoms with Crippen LogP contribution in [0.4, 0.5) is 0 Å². The number of hydrogen-bond acceptors (Lipinski definition) is 8. The lowest BCUT2D eigenvalue weighted by atomic mass is 9.80. The lowest BCUT2D eigenvalue weighted by Crippen LogP contribution is -2.65. The molecule has 280 valence electrons. The average Bonchev–Trinajstić information content (AvgIpc) is 3.09. The zero-order valence-corrected chi connectivity index (χ0v) is 29.5. The van der Waals surface area contributed by atoms with E-state index < -0.39 is 73.6 Å². The van der Waals surface area contributed by atoms with Crippen LogP contribution in [0.25, 0.3) is 10.8 Å². The fourth-order valence-electron chi connectivity index (χ4n) is 6.43. The third kappa shape index (κ3) is 11.7. The van der Waals surface area contributed by atoms with Crippen LogP contribution >= 0.6 is 7.60 Å². The van der Waals surface area contributed by atoms with Crippen molar-refractivity contribution >= 4 is 47.9 Å². The molecule has 1 aliphatic rings. The van der Waals surface area contributed by atoms with Crippen LogP contribution in [-0.2, 0) is 47.5 Å². The molecular weight excluding hydrogens is 693 g/mol. The lowest BCUT2D eigenvalue weighted by molar-refractivity contribution is -0.150. The van der Waals surface area contributed by atoms with Crippen molar-refractivity contribution in [1.29, 1.82) is 0 Å². The van der Waals surface area contributed by atoms with Gasteiger partial charge in [-0.3, -0.25) is 28.5 Å². The molecule has 4 rings (SSSR count). The van der Waals surface area contributed by atoms with Crippen molar-refractivity contribution in [3.63, 3.8) is 0 Å². The molecule has 0 spiro atoms. The van der Waals surface area contributed by atoms with E-state index in [0.717, 1.165) is 22.8 Å². The highest BCUT2D eigenvalue weighted by atomic mass is 31.2. The van der Waals surface area contributed by atoms with Gasteiger partial charge in [0.1, 0.15) is 17.6 Å². The van der Waals surface area contributed by atoms with Gasteiger partial charge in [-0.15, -0.1) is 0 Å². The van der Waals surface area contributed by atoms with E-state index in [1.54, 1.807) is 0 Å². The van der Waals surface area contributed by atoms with Gasteiger partial charge in [0.05, 0.1) is 12.6 Å². The Hall–Kier alpha value is -4.66. The molecule has 0 aromatic heterocycles. The summed E-state index contributed by atoms with van der Waals surface area (Å²) in [4.78, 5) is 83.8. The fourth-order valence-corrected chi connectivity index (χ4v) is 7.11. The van der Waals surface area contributed by atoms with Crippen LogP contribution in [0.3, 0.4) is 0 Å². The molecule has 1 aliphatic carbocycles. The second-order valence-electron chi connectivity index (χ2n) is 13.1. The molecular formula is C36H46N5O10P. The van der Waals surface area contributed by atoms with Crippen molar-refractivity contribution in [2.24, 2.45) is 5.73 Å². The third-order valence-corrected chi connectivity index (χ3v) is 9.83. The Balaban J connectivity index is 1.45. The fraction of sp³-hybridized carbons (Fsp3) is 0.417. The van der Waals surface area contributed by atoms with E-state index in [1.807, 2.05) is 42.5 Å². The first-order valence-corrected chi connectivity index (χ1v) is 18.9. The standard InChI is InChI=1S/C36H46N5O10P/c37-30(42)21-29(31(43)38-19-7-11-26-10-6-9-25-8-2-3-12-27(25)26)40-35(48)36(17-4-1-5-18-36)41-32(44)28(39-33(45)34(46)47)20-23-13-15-24(16-14-23)22-52(49,50)51/h2-3,6,8-10,12-16,28-29,34,46-47H,1,4-5,7,11,17-22H2,(H2,37,42)(H,38,43)(H,39,45)(H,40,48)(H,41,44)(H2,49,50,51)/t28-,29-/m0/s1. The van der Waals surface area contributed by atoms with Gasteiger partial charge in [0, 0.05) is 13.0 Å². The van der Waals surface area contributed by atoms with Crippen molar-refractivity contribution in [2.45, 2.75) is 87.9 Å². The number of carbonyl (C=O) groups is 5. The first kappa shape index (κ1) is 40.1. The average molecular weight is 740 g/mol. The first-order chi connectivity index (χ1) is 24.7. The number of carbonyl (C=O) groups excluding carboxylic acids is 5. The normalized spacial score (nSPS) is 15.3. The maximum atomic E-state index is 14.0. The van der Waals surface area contributed by atoms with E-state index in [-0.39, 0.29) is 25.8 Å². The SMILES string of the molecule is NC(=O)C[C@H](NC(=O)C1(NC(=O)[C@H](Cc2ccc(CP(=O)(O)O)cc2)NC(=O)C(O)O)CCCCC1)C(=O)NCCCc1cccc2ccccc12. The Bertz CT molecular complexity index is 1780. The molecule has 0 heterocycles. The Kier molecular flexibility index (Phi) is 14.0. The molecule has 0 bridgehead atoms. The van der Waals surface area contributed by atoms with E-state index in [1.165, 1.54) is 24.3 Å². The molecule has 3 aromatic carbocycles. The zero-order chi connectivity index (χ0) is 37.9. The van der Waals surface area contributed by atoms with Crippen LogP contribution in [0.1, 0.15) is 61.6 Å². The maximum Gasteiger partial charge on any atom is 0.329 e. The van der Waals surface area contributed by atoms with Crippen molar-refractivity contribution in [3.05, 3.63) is 83.4 Å². The minimum atomic E-state index is -4.33. The maximum absolute atomic E-state index is 14.0. The predicted molar refractivity (Wildman–Crippen MR) is 191 cm³/mol. The third-order valence-electron chi connectivity index (χ3n) is 9.05. The largest absolute Gasteiger partial charge is 0.370 e. The number of rotatable bonds is 17. The molecule has 0 aliphatic heterocycles. The second kappa shape index (κ2) is 18.2. The van der Waals surface area contributed by atoms with Gasteiger partial charge in [-0.1, -0.05) is 86.0 Å². The highest BCUT2D eigenvalue weighted by molar-refractivity contribution is 7.50. The minimum absolute atomic E-state index is 0.177. The smallest absolute Gasteiger partial charge is 0.329 e. The minimum Gasteiger partial charge on any atom is -0.370 e. The summed E-state index contributed by atoms with van der Waals surface area (Å²) in [5, 5.41) is 31.5. The number of nitrogens with two attached hydrogens (primary N) is 1. The molecule has 52 heavy (non-hydrogen) atoms. The summed E-state index contributed by atoms with van der Waals surface area (Å²) in [5.41, 5.74) is 5.83. The molecule has 0 radical (unpaired) electrons. The van der Waals surface area contributed by atoms with Gasteiger partial charge in [0.25, 0.3) is 5.91 Å². The van der Waals surface area contributed by atoms with Crippen molar-refractivity contribution in [2.75, 3.05) is 6.54 Å². The highest BCUT2D eigenvalue weighted by Crippen LogP contribution is 2.39. The number of aliphatic hydroxyl groups is 2. The first-order valence-electron chi connectivity index (χ1n) is 17.1. The summed E-state index contributed by atoms with van der Waals surface area (Å²) in [6.07, 6.45) is -0.128. The quantitative estimate of drug-likeness (QED) is 0.0534.